The van der Waals surface area contributed by atoms with Crippen molar-refractivity contribution in [2.24, 2.45) is 29.1 Å². The number of aromatic nitrogens is 2. The summed E-state index contributed by atoms with van der Waals surface area (Å²) in [6, 6.07) is 0.0603. The van der Waals surface area contributed by atoms with Gasteiger partial charge in [0, 0.05) is 30.4 Å². The number of carbonyl (C=O) groups excluding carboxylic acids is 2. The molecule has 166 valence electrons. The minimum absolute atomic E-state index is 0.00930. The van der Waals surface area contributed by atoms with E-state index in [9.17, 15) is 14.7 Å². The summed E-state index contributed by atoms with van der Waals surface area (Å²) < 4.78 is 0. The topological polar surface area (TPSA) is 104 Å². The lowest BCUT2D eigenvalue weighted by Gasteiger charge is -2.56. The summed E-state index contributed by atoms with van der Waals surface area (Å²) in [5.41, 5.74) is 0.472. The fourth-order valence-corrected chi connectivity index (χ4v) is 5.78. The molecule has 2 fully saturated rings. The minimum Gasteiger partial charge on any atom is -0.392 e. The summed E-state index contributed by atoms with van der Waals surface area (Å²) in [6.07, 6.45) is 7.55. The van der Waals surface area contributed by atoms with Gasteiger partial charge in [-0.05, 0) is 62.7 Å². The van der Waals surface area contributed by atoms with E-state index < -0.39 is 6.10 Å². The molecule has 3 N–H and O–H groups in total. The van der Waals surface area contributed by atoms with Crippen molar-refractivity contribution >= 4 is 11.8 Å². The number of fused-ring (bicyclic) bond motifs is 1. The van der Waals surface area contributed by atoms with Gasteiger partial charge in [0.25, 0.3) is 5.91 Å². The zero-order valence-corrected chi connectivity index (χ0v) is 18.8. The van der Waals surface area contributed by atoms with Gasteiger partial charge in [-0.1, -0.05) is 20.8 Å². The Kier molecular flexibility index (Phi) is 6.80. The molecule has 2 saturated carbocycles. The zero-order chi connectivity index (χ0) is 22.1. The maximum Gasteiger partial charge on any atom is 0.254 e. The van der Waals surface area contributed by atoms with Gasteiger partial charge in [-0.25, -0.2) is 9.97 Å². The maximum atomic E-state index is 12.6. The van der Waals surface area contributed by atoms with Crippen LogP contribution in [0.2, 0.25) is 0 Å². The third-order valence-corrected chi connectivity index (χ3v) is 7.51. The number of amides is 2. The lowest BCUT2D eigenvalue weighted by atomic mass is 9.51. The van der Waals surface area contributed by atoms with E-state index in [1.54, 1.807) is 0 Å². The Hall–Kier alpha value is -2.02. The molecule has 0 aliphatic heterocycles. The summed E-state index contributed by atoms with van der Waals surface area (Å²) in [6.45, 7) is 10.2. The second-order valence-corrected chi connectivity index (χ2v) is 9.93. The Labute approximate surface area is 179 Å². The van der Waals surface area contributed by atoms with E-state index in [4.69, 9.17) is 0 Å². The predicted molar refractivity (Wildman–Crippen MR) is 114 cm³/mol. The van der Waals surface area contributed by atoms with Crippen LogP contribution >= 0.6 is 0 Å². The van der Waals surface area contributed by atoms with Gasteiger partial charge in [0.2, 0.25) is 5.91 Å². The van der Waals surface area contributed by atoms with Crippen LogP contribution in [0.1, 0.15) is 70.7 Å². The van der Waals surface area contributed by atoms with Crippen LogP contribution in [0, 0.1) is 29.1 Å². The van der Waals surface area contributed by atoms with E-state index >= 15 is 0 Å². The standard InChI is InChI=1S/C23H36N4O3/c1-13(2)26-21(29)14(3)17-6-8-23(5)9-7-18(15(4)19(23)20(17)28)27-22(30)16-10-24-12-25-11-16/h10-15,17-20,28H,6-9H2,1-5H3,(H,26,29)(H,27,30)/t14-,15+,17+,18-,19+,20-,23-/m0/s1. The molecule has 2 aliphatic carbocycles. The van der Waals surface area contributed by atoms with Crippen LogP contribution < -0.4 is 10.6 Å². The molecular weight excluding hydrogens is 380 g/mol. The summed E-state index contributed by atoms with van der Waals surface area (Å²) >= 11 is 0. The Morgan fingerprint density at radius 2 is 1.80 bits per heavy atom. The van der Waals surface area contributed by atoms with Crippen molar-refractivity contribution in [1.82, 2.24) is 20.6 Å². The van der Waals surface area contributed by atoms with Gasteiger partial charge in [0.1, 0.15) is 6.33 Å². The normalized spacial score (nSPS) is 34.7. The summed E-state index contributed by atoms with van der Waals surface area (Å²) in [5, 5.41) is 17.5. The molecule has 0 unspecified atom stereocenters. The Balaban J connectivity index is 1.74. The fraction of sp³-hybridized carbons (Fsp3) is 0.739. The number of hydrogen-bond donors (Lipinski definition) is 3. The van der Waals surface area contributed by atoms with E-state index in [1.165, 1.54) is 18.7 Å². The second-order valence-electron chi connectivity index (χ2n) is 9.93. The molecule has 1 aromatic heterocycles. The van der Waals surface area contributed by atoms with Gasteiger partial charge in [0.05, 0.1) is 11.7 Å². The van der Waals surface area contributed by atoms with Crippen LogP contribution in [0.4, 0.5) is 0 Å². The molecule has 2 aliphatic rings. The SMILES string of the molecule is CC(C)NC(=O)[C@@H](C)[C@H]1CC[C@@]2(C)CC[C@H](NC(=O)c3cncnc3)[C@@H](C)[C@@H]2[C@H]1O. The number of nitrogens with zero attached hydrogens (tertiary/aromatic N) is 2. The number of carbonyl (C=O) groups is 2. The first-order valence-electron chi connectivity index (χ1n) is 11.2. The average molecular weight is 417 g/mol. The summed E-state index contributed by atoms with van der Waals surface area (Å²) in [4.78, 5) is 33.1. The highest BCUT2D eigenvalue weighted by atomic mass is 16.3. The third kappa shape index (κ3) is 4.51. The lowest BCUT2D eigenvalue weighted by molar-refractivity contribution is -0.142. The number of rotatable bonds is 5. The molecule has 0 radical (unpaired) electrons. The lowest BCUT2D eigenvalue weighted by Crippen LogP contribution is -2.58. The van der Waals surface area contributed by atoms with Crippen LogP contribution in [0.3, 0.4) is 0 Å². The molecule has 1 heterocycles. The molecule has 30 heavy (non-hydrogen) atoms. The summed E-state index contributed by atoms with van der Waals surface area (Å²) in [7, 11) is 0. The highest BCUT2D eigenvalue weighted by Crippen LogP contribution is 2.55. The molecule has 0 bridgehead atoms. The molecular formula is C23H36N4O3. The molecule has 3 rings (SSSR count). The molecule has 1 aromatic rings. The summed E-state index contributed by atoms with van der Waals surface area (Å²) in [5.74, 6) is -0.332. The van der Waals surface area contributed by atoms with E-state index in [0.29, 0.717) is 5.56 Å². The van der Waals surface area contributed by atoms with Gasteiger partial charge in [-0.3, -0.25) is 9.59 Å². The van der Waals surface area contributed by atoms with Crippen molar-refractivity contribution in [3.8, 4) is 0 Å². The molecule has 2 amide bonds. The van der Waals surface area contributed by atoms with Gasteiger partial charge in [0.15, 0.2) is 0 Å². The minimum atomic E-state index is -0.563. The number of aliphatic hydroxyl groups excluding tert-OH is 1. The molecule has 7 heteroatoms. The van der Waals surface area contributed by atoms with E-state index in [2.05, 4.69) is 34.4 Å². The van der Waals surface area contributed by atoms with Crippen LogP contribution in [0.25, 0.3) is 0 Å². The van der Waals surface area contributed by atoms with Crippen LogP contribution in [0.5, 0.6) is 0 Å². The molecule has 7 nitrogen and oxygen atoms in total. The molecule has 0 aromatic carbocycles. The number of aliphatic hydroxyl groups is 1. The predicted octanol–water partition coefficient (Wildman–Crippen LogP) is 2.56. The van der Waals surface area contributed by atoms with Crippen LogP contribution in [-0.2, 0) is 4.79 Å². The molecule has 7 atom stereocenters. The van der Waals surface area contributed by atoms with Crippen molar-refractivity contribution in [2.75, 3.05) is 0 Å². The molecule has 0 spiro atoms. The van der Waals surface area contributed by atoms with Crippen LogP contribution in [0.15, 0.2) is 18.7 Å². The van der Waals surface area contributed by atoms with Gasteiger partial charge in [-0.15, -0.1) is 0 Å². The van der Waals surface area contributed by atoms with Crippen molar-refractivity contribution in [1.29, 1.82) is 0 Å². The average Bonchev–Trinajstić information content (AvgIpc) is 2.70. The Morgan fingerprint density at radius 1 is 1.17 bits per heavy atom. The molecule has 0 saturated heterocycles. The van der Waals surface area contributed by atoms with E-state index in [1.807, 2.05) is 20.8 Å². The zero-order valence-electron chi connectivity index (χ0n) is 18.8. The van der Waals surface area contributed by atoms with E-state index in [0.717, 1.165) is 25.7 Å². The number of nitrogens with one attached hydrogen (secondary N) is 2. The second kappa shape index (κ2) is 9.00. The van der Waals surface area contributed by atoms with Crippen molar-refractivity contribution < 1.29 is 14.7 Å². The Bertz CT molecular complexity index is 756. The highest BCUT2D eigenvalue weighted by Gasteiger charge is 2.53. The fourth-order valence-electron chi connectivity index (χ4n) is 5.78. The maximum absolute atomic E-state index is 12.6. The first-order chi connectivity index (χ1) is 14.1. The first kappa shape index (κ1) is 22.7. The quantitative estimate of drug-likeness (QED) is 0.684. The van der Waals surface area contributed by atoms with Crippen LogP contribution in [-0.4, -0.2) is 45.1 Å². The largest absolute Gasteiger partial charge is 0.392 e. The van der Waals surface area contributed by atoms with Crippen molar-refractivity contribution in [3.63, 3.8) is 0 Å². The third-order valence-electron chi connectivity index (χ3n) is 7.51. The van der Waals surface area contributed by atoms with Crippen molar-refractivity contribution in [3.05, 3.63) is 24.3 Å². The Morgan fingerprint density at radius 3 is 2.43 bits per heavy atom. The smallest absolute Gasteiger partial charge is 0.254 e. The number of hydrogen-bond acceptors (Lipinski definition) is 5. The first-order valence-corrected chi connectivity index (χ1v) is 11.2. The highest BCUT2D eigenvalue weighted by molar-refractivity contribution is 5.93. The van der Waals surface area contributed by atoms with Gasteiger partial charge < -0.3 is 15.7 Å². The van der Waals surface area contributed by atoms with Gasteiger partial charge in [-0.2, -0.15) is 0 Å². The van der Waals surface area contributed by atoms with Crippen molar-refractivity contribution in [2.45, 2.75) is 78.5 Å². The van der Waals surface area contributed by atoms with Gasteiger partial charge >= 0.3 is 0 Å². The van der Waals surface area contributed by atoms with E-state index in [-0.39, 0.29) is 53.0 Å². The monoisotopic (exact) mass is 416 g/mol.